The number of ether oxygens (including phenoxy) is 3. The van der Waals surface area contributed by atoms with Gasteiger partial charge in [-0.2, -0.15) is 0 Å². The quantitative estimate of drug-likeness (QED) is 0.833. The molecule has 0 atom stereocenters. The van der Waals surface area contributed by atoms with Crippen molar-refractivity contribution in [2.75, 3.05) is 36.5 Å². The summed E-state index contributed by atoms with van der Waals surface area (Å²) in [5.74, 6) is 0.131. The molecule has 2 fully saturated rings. The van der Waals surface area contributed by atoms with Crippen molar-refractivity contribution in [3.05, 3.63) is 48.3 Å². The third kappa shape index (κ3) is 4.68. The fourth-order valence-electron chi connectivity index (χ4n) is 3.72. The molecule has 29 heavy (non-hydrogen) atoms. The van der Waals surface area contributed by atoms with Crippen molar-refractivity contribution in [3.63, 3.8) is 0 Å². The summed E-state index contributed by atoms with van der Waals surface area (Å²) in [7, 11) is 0. The molecule has 0 unspecified atom stereocenters. The first kappa shape index (κ1) is 19.7. The predicted molar refractivity (Wildman–Crippen MR) is 110 cm³/mol. The van der Waals surface area contributed by atoms with Gasteiger partial charge in [0.2, 0.25) is 0 Å². The molecular formula is C22H27N3O4. The lowest BCUT2D eigenvalue weighted by atomic mass is 10.0. The topological polar surface area (TPSA) is 72.9 Å². The molecule has 0 bridgehead atoms. The van der Waals surface area contributed by atoms with Crippen LogP contribution in [0.4, 0.5) is 11.4 Å². The number of carbonyl (C=O) groups excluding carboxylic acids is 1. The van der Waals surface area contributed by atoms with Crippen LogP contribution in [-0.2, 0) is 9.47 Å². The number of hydrogen-bond acceptors (Lipinski definition) is 6. The molecule has 1 aromatic carbocycles. The lowest BCUT2D eigenvalue weighted by molar-refractivity contribution is -0.169. The van der Waals surface area contributed by atoms with E-state index in [0.29, 0.717) is 24.6 Å². The Balaban J connectivity index is 1.38. The second-order valence-electron chi connectivity index (χ2n) is 7.64. The summed E-state index contributed by atoms with van der Waals surface area (Å²) in [6, 6.07) is 11.1. The van der Waals surface area contributed by atoms with Crippen LogP contribution < -0.4 is 15.0 Å². The van der Waals surface area contributed by atoms with E-state index >= 15 is 0 Å². The first-order valence-corrected chi connectivity index (χ1v) is 10.1. The van der Waals surface area contributed by atoms with Crippen molar-refractivity contribution in [1.29, 1.82) is 0 Å². The van der Waals surface area contributed by atoms with Crippen LogP contribution >= 0.6 is 0 Å². The minimum absolute atomic E-state index is 0.110. The molecule has 2 aliphatic rings. The average molecular weight is 397 g/mol. The number of nitrogens with one attached hydrogen (secondary N) is 1. The van der Waals surface area contributed by atoms with Gasteiger partial charge in [0, 0.05) is 43.5 Å². The monoisotopic (exact) mass is 397 g/mol. The summed E-state index contributed by atoms with van der Waals surface area (Å²) >= 11 is 0. The van der Waals surface area contributed by atoms with E-state index in [1.165, 1.54) is 0 Å². The third-order valence-corrected chi connectivity index (χ3v) is 5.16. The Morgan fingerprint density at radius 3 is 2.48 bits per heavy atom. The van der Waals surface area contributed by atoms with Gasteiger partial charge in [0.05, 0.1) is 19.3 Å². The lowest BCUT2D eigenvalue weighted by Crippen LogP contribution is -2.45. The Labute approximate surface area is 171 Å². The van der Waals surface area contributed by atoms with Gasteiger partial charge in [-0.3, -0.25) is 9.78 Å². The highest BCUT2D eigenvalue weighted by atomic mass is 16.7. The molecule has 7 heteroatoms. The number of carbonyl (C=O) groups is 1. The van der Waals surface area contributed by atoms with Gasteiger partial charge >= 0.3 is 0 Å². The molecule has 1 spiro atoms. The van der Waals surface area contributed by atoms with Crippen LogP contribution in [0.1, 0.15) is 37.2 Å². The number of benzene rings is 1. The molecule has 0 radical (unpaired) electrons. The summed E-state index contributed by atoms with van der Waals surface area (Å²) in [6.07, 6.45) is 3.43. The minimum Gasteiger partial charge on any atom is -0.491 e. The van der Waals surface area contributed by atoms with Gasteiger partial charge in [-0.05, 0) is 50.2 Å². The van der Waals surface area contributed by atoms with Gasteiger partial charge in [0.1, 0.15) is 11.4 Å². The molecule has 2 saturated heterocycles. The Morgan fingerprint density at radius 2 is 1.83 bits per heavy atom. The van der Waals surface area contributed by atoms with Crippen molar-refractivity contribution >= 4 is 17.3 Å². The van der Waals surface area contributed by atoms with Gasteiger partial charge in [-0.25, -0.2) is 0 Å². The summed E-state index contributed by atoms with van der Waals surface area (Å²) < 4.78 is 17.2. The van der Waals surface area contributed by atoms with Crippen molar-refractivity contribution in [2.24, 2.45) is 0 Å². The zero-order valence-corrected chi connectivity index (χ0v) is 16.9. The summed E-state index contributed by atoms with van der Waals surface area (Å²) in [4.78, 5) is 19.1. The first-order chi connectivity index (χ1) is 14.0. The van der Waals surface area contributed by atoms with Crippen molar-refractivity contribution < 1.29 is 19.0 Å². The van der Waals surface area contributed by atoms with E-state index in [9.17, 15) is 4.79 Å². The number of nitrogens with zero attached hydrogens (tertiary/aromatic N) is 2. The molecule has 7 nitrogen and oxygen atoms in total. The zero-order chi connectivity index (χ0) is 20.3. The number of pyridine rings is 1. The van der Waals surface area contributed by atoms with Crippen LogP contribution in [-0.4, -0.2) is 49.1 Å². The van der Waals surface area contributed by atoms with Crippen LogP contribution in [0.3, 0.4) is 0 Å². The van der Waals surface area contributed by atoms with Gasteiger partial charge in [0.25, 0.3) is 5.91 Å². The molecule has 1 aromatic heterocycles. The van der Waals surface area contributed by atoms with Crippen molar-refractivity contribution in [3.8, 4) is 5.75 Å². The molecular weight excluding hydrogens is 370 g/mol. The van der Waals surface area contributed by atoms with Crippen molar-refractivity contribution in [2.45, 2.75) is 38.6 Å². The normalized spacial score (nSPS) is 18.2. The van der Waals surface area contributed by atoms with E-state index in [-0.39, 0.29) is 12.0 Å². The summed E-state index contributed by atoms with van der Waals surface area (Å²) in [5, 5.41) is 2.89. The van der Waals surface area contributed by atoms with Gasteiger partial charge < -0.3 is 24.4 Å². The van der Waals surface area contributed by atoms with E-state index in [1.54, 1.807) is 6.20 Å². The van der Waals surface area contributed by atoms with Crippen LogP contribution in [0.5, 0.6) is 5.75 Å². The molecule has 2 aliphatic heterocycles. The number of rotatable bonds is 5. The number of hydrogen-bond donors (Lipinski definition) is 1. The second kappa shape index (κ2) is 8.39. The zero-order valence-electron chi connectivity index (χ0n) is 16.9. The maximum atomic E-state index is 12.7. The molecule has 154 valence electrons. The van der Waals surface area contributed by atoms with Gasteiger partial charge in [0.15, 0.2) is 5.79 Å². The molecule has 1 amide bonds. The average Bonchev–Trinajstić information content (AvgIpc) is 3.18. The number of aromatic nitrogens is 1. The highest BCUT2D eigenvalue weighted by molar-refractivity contribution is 6.03. The highest BCUT2D eigenvalue weighted by Gasteiger charge is 2.39. The summed E-state index contributed by atoms with van der Waals surface area (Å²) in [6.45, 7) is 6.94. The van der Waals surface area contributed by atoms with Crippen LogP contribution in [0.2, 0.25) is 0 Å². The van der Waals surface area contributed by atoms with E-state index in [0.717, 1.165) is 37.4 Å². The molecule has 1 N–H and O–H groups in total. The SMILES string of the molecule is CC(C)Oc1ccc(NC(=O)c2cc(N3CCC4(CC3)OCCO4)ccn2)cc1. The van der Waals surface area contributed by atoms with E-state index in [1.807, 2.05) is 50.2 Å². The maximum absolute atomic E-state index is 12.7. The van der Waals surface area contributed by atoms with E-state index in [4.69, 9.17) is 14.2 Å². The fourth-order valence-corrected chi connectivity index (χ4v) is 3.72. The summed E-state index contributed by atoms with van der Waals surface area (Å²) in [5.41, 5.74) is 2.08. The third-order valence-electron chi connectivity index (χ3n) is 5.16. The Bertz CT molecular complexity index is 837. The number of amides is 1. The van der Waals surface area contributed by atoms with E-state index in [2.05, 4.69) is 15.2 Å². The van der Waals surface area contributed by atoms with Gasteiger partial charge in [-0.15, -0.1) is 0 Å². The van der Waals surface area contributed by atoms with Gasteiger partial charge in [-0.1, -0.05) is 0 Å². The molecule has 4 rings (SSSR count). The Kier molecular flexibility index (Phi) is 5.69. The predicted octanol–water partition coefficient (Wildman–Crippen LogP) is 3.46. The molecule has 0 saturated carbocycles. The van der Waals surface area contributed by atoms with Crippen LogP contribution in [0.15, 0.2) is 42.6 Å². The molecule has 0 aliphatic carbocycles. The second-order valence-corrected chi connectivity index (χ2v) is 7.64. The van der Waals surface area contributed by atoms with Crippen LogP contribution in [0, 0.1) is 0 Å². The Morgan fingerprint density at radius 1 is 1.14 bits per heavy atom. The highest BCUT2D eigenvalue weighted by Crippen LogP contribution is 2.33. The standard InChI is InChI=1S/C22H27N3O4/c1-16(2)29-19-5-3-17(4-6-19)24-21(26)20-15-18(7-10-23-20)25-11-8-22(9-12-25)27-13-14-28-22/h3-7,10,15-16H,8-9,11-14H2,1-2H3,(H,24,26). The Hall–Kier alpha value is -2.64. The first-order valence-electron chi connectivity index (χ1n) is 10.1. The minimum atomic E-state index is -0.408. The van der Waals surface area contributed by atoms with E-state index < -0.39 is 5.79 Å². The van der Waals surface area contributed by atoms with Crippen LogP contribution in [0.25, 0.3) is 0 Å². The lowest BCUT2D eigenvalue weighted by Gasteiger charge is -2.38. The largest absolute Gasteiger partial charge is 0.491 e. The van der Waals surface area contributed by atoms with Crippen molar-refractivity contribution in [1.82, 2.24) is 4.98 Å². The fraction of sp³-hybridized carbons (Fsp3) is 0.455. The maximum Gasteiger partial charge on any atom is 0.274 e. The smallest absolute Gasteiger partial charge is 0.274 e. The number of piperidine rings is 1. The number of anilines is 2. The molecule has 2 aromatic rings. The molecule has 3 heterocycles.